The molecule has 0 aromatic rings. The van der Waals surface area contributed by atoms with Gasteiger partial charge in [-0.1, -0.05) is 6.92 Å². The molecule has 2 heterocycles. The fraction of sp³-hybridized carbons (Fsp3) is 0.958. The van der Waals surface area contributed by atoms with E-state index in [0.717, 1.165) is 0 Å². The number of hydrogen-bond donors (Lipinski definition) is 11. The Labute approximate surface area is 232 Å². The summed E-state index contributed by atoms with van der Waals surface area (Å²) in [6.45, 7) is 0.960. The smallest absolute Gasteiger partial charge is 0.186 e. The van der Waals surface area contributed by atoms with Gasteiger partial charge in [0.2, 0.25) is 0 Å². The van der Waals surface area contributed by atoms with E-state index in [4.69, 9.17) is 41.9 Å². The maximum atomic E-state index is 12.7. The Morgan fingerprint density at radius 1 is 0.900 bits per heavy atom. The molecule has 3 rings (SSSR count). The standard InChI is InChI=1S/C24H46N4O12/c1-8-16(32)13(6-26)37-23(17(8)33)40-22-10(27)4-9(5-12(31)11(30)2-3-25)21(20(22)36)39-24-19(35)15(28)18(34)14(7-29)38-24/h8-11,13-24,29-30,32-36H,2-7,25-28H2,1H3. The summed E-state index contributed by atoms with van der Waals surface area (Å²) >= 11 is 0. The summed E-state index contributed by atoms with van der Waals surface area (Å²) in [7, 11) is 0. The minimum atomic E-state index is -1.58. The predicted octanol–water partition coefficient (Wildman–Crippen LogP) is -6.06. The average Bonchev–Trinajstić information content (AvgIpc) is 2.92. The van der Waals surface area contributed by atoms with Crippen LogP contribution >= 0.6 is 0 Å². The second-order valence-corrected chi connectivity index (χ2v) is 11.0. The van der Waals surface area contributed by atoms with Crippen molar-refractivity contribution in [3.05, 3.63) is 0 Å². The third kappa shape index (κ3) is 7.16. The zero-order valence-electron chi connectivity index (χ0n) is 22.5. The van der Waals surface area contributed by atoms with Gasteiger partial charge in [0, 0.05) is 24.9 Å². The van der Waals surface area contributed by atoms with Crippen molar-refractivity contribution in [3.63, 3.8) is 0 Å². The summed E-state index contributed by atoms with van der Waals surface area (Å²) < 4.78 is 23.0. The van der Waals surface area contributed by atoms with Crippen LogP contribution in [-0.4, -0.2) is 147 Å². The van der Waals surface area contributed by atoms with Gasteiger partial charge in [-0.3, -0.25) is 4.79 Å². The third-order valence-corrected chi connectivity index (χ3v) is 8.21. The Bertz CT molecular complexity index is 812. The first-order valence-electron chi connectivity index (χ1n) is 13.6. The fourth-order valence-electron chi connectivity index (χ4n) is 5.59. The van der Waals surface area contributed by atoms with Gasteiger partial charge in [-0.2, -0.15) is 0 Å². The van der Waals surface area contributed by atoms with Crippen LogP contribution in [0.3, 0.4) is 0 Å². The maximum absolute atomic E-state index is 12.7. The van der Waals surface area contributed by atoms with E-state index in [1.54, 1.807) is 6.92 Å². The molecule has 16 nitrogen and oxygen atoms in total. The summed E-state index contributed by atoms with van der Waals surface area (Å²) in [5.41, 5.74) is 23.4. The number of rotatable bonds is 11. The molecule has 1 aliphatic carbocycles. The molecule has 0 bridgehead atoms. The van der Waals surface area contributed by atoms with Crippen LogP contribution < -0.4 is 22.9 Å². The Hall–Kier alpha value is -0.930. The molecule has 40 heavy (non-hydrogen) atoms. The Balaban J connectivity index is 1.85. The van der Waals surface area contributed by atoms with Gasteiger partial charge >= 0.3 is 0 Å². The highest BCUT2D eigenvalue weighted by molar-refractivity contribution is 5.83. The van der Waals surface area contributed by atoms with Crippen LogP contribution in [0, 0.1) is 11.8 Å². The van der Waals surface area contributed by atoms with Crippen LogP contribution in [0.5, 0.6) is 0 Å². The van der Waals surface area contributed by atoms with Crippen LogP contribution in [0.2, 0.25) is 0 Å². The van der Waals surface area contributed by atoms with Gasteiger partial charge in [0.15, 0.2) is 18.4 Å². The number of aliphatic hydroxyl groups excluding tert-OH is 7. The number of aliphatic hydroxyl groups is 7. The number of nitrogens with two attached hydrogens (primary N) is 4. The average molecular weight is 583 g/mol. The Morgan fingerprint density at radius 3 is 2.10 bits per heavy atom. The van der Waals surface area contributed by atoms with Gasteiger partial charge in [-0.15, -0.1) is 0 Å². The lowest BCUT2D eigenvalue weighted by Gasteiger charge is -2.49. The minimum Gasteiger partial charge on any atom is -0.394 e. The molecule has 3 aliphatic rings. The second-order valence-electron chi connectivity index (χ2n) is 11.0. The van der Waals surface area contributed by atoms with E-state index in [2.05, 4.69) is 0 Å². The fourth-order valence-corrected chi connectivity index (χ4v) is 5.59. The molecule has 1 saturated carbocycles. The number of hydrogen-bond acceptors (Lipinski definition) is 16. The van der Waals surface area contributed by atoms with Crippen LogP contribution in [0.25, 0.3) is 0 Å². The molecule has 3 fully saturated rings. The maximum Gasteiger partial charge on any atom is 0.186 e. The van der Waals surface area contributed by atoms with Crippen LogP contribution in [0.4, 0.5) is 0 Å². The van der Waals surface area contributed by atoms with Gasteiger partial charge in [-0.05, 0) is 25.3 Å². The largest absolute Gasteiger partial charge is 0.394 e. The van der Waals surface area contributed by atoms with Gasteiger partial charge in [-0.25, -0.2) is 0 Å². The number of carbonyl (C=O) groups excluding carboxylic acids is 1. The van der Waals surface area contributed by atoms with E-state index in [1.807, 2.05) is 0 Å². The van der Waals surface area contributed by atoms with Crippen molar-refractivity contribution < 1.29 is 59.5 Å². The van der Waals surface area contributed by atoms with E-state index in [0.29, 0.717) is 0 Å². The topological polar surface area (TPSA) is 300 Å². The van der Waals surface area contributed by atoms with Crippen LogP contribution in [-0.2, 0) is 23.7 Å². The first kappa shape index (κ1) is 33.6. The highest BCUT2D eigenvalue weighted by Crippen LogP contribution is 2.36. The molecule has 0 radical (unpaired) electrons. The van der Waals surface area contributed by atoms with E-state index < -0.39 is 110 Å². The van der Waals surface area contributed by atoms with E-state index >= 15 is 0 Å². The minimum absolute atomic E-state index is 0.0239. The Kier molecular flexibility index (Phi) is 12.2. The first-order chi connectivity index (χ1) is 18.9. The van der Waals surface area contributed by atoms with Crippen molar-refractivity contribution in [1.29, 1.82) is 0 Å². The monoisotopic (exact) mass is 582 g/mol. The first-order valence-corrected chi connectivity index (χ1v) is 13.6. The molecule has 0 amide bonds. The van der Waals surface area contributed by atoms with Crippen LogP contribution in [0.1, 0.15) is 26.2 Å². The number of carbonyl (C=O) groups is 1. The second kappa shape index (κ2) is 14.5. The van der Waals surface area contributed by atoms with E-state index in [1.165, 1.54) is 0 Å². The molecule has 16 heteroatoms. The van der Waals surface area contributed by atoms with E-state index in [-0.39, 0.29) is 32.4 Å². The zero-order chi connectivity index (χ0) is 29.9. The summed E-state index contributed by atoms with van der Waals surface area (Å²) in [5.74, 6) is -2.04. The van der Waals surface area contributed by atoms with Crippen molar-refractivity contribution in [2.75, 3.05) is 19.7 Å². The van der Waals surface area contributed by atoms with Gasteiger partial charge in [0.05, 0.1) is 31.0 Å². The molecular weight excluding hydrogens is 536 g/mol. The Morgan fingerprint density at radius 2 is 1.50 bits per heavy atom. The van der Waals surface area contributed by atoms with Crippen molar-refractivity contribution in [2.24, 2.45) is 34.8 Å². The van der Waals surface area contributed by atoms with Crippen LogP contribution in [0.15, 0.2) is 0 Å². The van der Waals surface area contributed by atoms with Crippen molar-refractivity contribution in [1.82, 2.24) is 0 Å². The SMILES string of the molecule is CC1C(O)C(CN)OC(OC2C(N)CC(CC(=O)C(O)CCN)C(OC3OC(CO)C(O)C(N)C3O)C2O)C1O. The highest BCUT2D eigenvalue weighted by atomic mass is 16.7. The molecule has 2 saturated heterocycles. The van der Waals surface area contributed by atoms with Crippen molar-refractivity contribution >= 4 is 5.78 Å². The molecule has 2 aliphatic heterocycles. The summed E-state index contributed by atoms with van der Waals surface area (Å²) in [5, 5.41) is 73.0. The normalized spacial score (nSPS) is 47.1. The van der Waals surface area contributed by atoms with Gasteiger partial charge in [0.1, 0.15) is 42.7 Å². The number of Topliss-reactive ketones (excluding diaryl/α,β-unsaturated/α-hetero) is 1. The lowest BCUT2D eigenvalue weighted by atomic mass is 9.76. The molecule has 16 atom stereocenters. The summed E-state index contributed by atoms with van der Waals surface area (Å²) in [6, 6.07) is -2.16. The van der Waals surface area contributed by atoms with Crippen molar-refractivity contribution in [2.45, 2.75) is 112 Å². The van der Waals surface area contributed by atoms with E-state index in [9.17, 15) is 40.5 Å². The molecule has 0 aromatic heterocycles. The highest BCUT2D eigenvalue weighted by Gasteiger charge is 2.52. The van der Waals surface area contributed by atoms with Gasteiger partial charge < -0.3 is 77.6 Å². The third-order valence-electron chi connectivity index (χ3n) is 8.21. The molecule has 16 unspecified atom stereocenters. The number of ketones is 1. The predicted molar refractivity (Wildman–Crippen MR) is 136 cm³/mol. The molecule has 0 aromatic carbocycles. The molecular formula is C24H46N4O12. The number of ether oxygens (including phenoxy) is 4. The van der Waals surface area contributed by atoms with Gasteiger partial charge in [0.25, 0.3) is 0 Å². The summed E-state index contributed by atoms with van der Waals surface area (Å²) in [6.07, 6.45) is -15.9. The molecule has 0 spiro atoms. The zero-order valence-corrected chi connectivity index (χ0v) is 22.5. The van der Waals surface area contributed by atoms with Crippen molar-refractivity contribution in [3.8, 4) is 0 Å². The molecule has 234 valence electrons. The summed E-state index contributed by atoms with van der Waals surface area (Å²) in [4.78, 5) is 12.7. The quantitative estimate of drug-likeness (QED) is 0.108. The molecule has 15 N–H and O–H groups in total. The lowest BCUT2D eigenvalue weighted by molar-refractivity contribution is -0.330. The lowest BCUT2D eigenvalue weighted by Crippen LogP contribution is -2.66.